The number of aryl methyl sites for hydroxylation is 1. The van der Waals surface area contributed by atoms with Gasteiger partial charge in [-0.25, -0.2) is 12.8 Å². The lowest BCUT2D eigenvalue weighted by molar-refractivity contribution is -0.120. The number of halogens is 1. The standard InChI is InChI=1S/C19H21FN2O3S/c1-14-6-2-3-7-17(14)21-19(23)18-8-4-5-13-22(18)26(24,25)16-11-9-15(20)10-12-16/h2-3,6-7,9-12,18H,4-5,8,13H2,1H3,(H,21,23). The Balaban J connectivity index is 1.86. The van der Waals surface area contributed by atoms with E-state index in [9.17, 15) is 17.6 Å². The van der Waals surface area contributed by atoms with Crippen molar-refractivity contribution < 1.29 is 17.6 Å². The second kappa shape index (κ2) is 7.55. The molecule has 138 valence electrons. The van der Waals surface area contributed by atoms with Crippen molar-refractivity contribution >= 4 is 21.6 Å². The van der Waals surface area contributed by atoms with Crippen molar-refractivity contribution in [3.63, 3.8) is 0 Å². The molecule has 0 aliphatic carbocycles. The molecule has 7 heteroatoms. The Hall–Kier alpha value is -2.25. The van der Waals surface area contributed by atoms with Gasteiger partial charge in [-0.05, 0) is 55.7 Å². The monoisotopic (exact) mass is 376 g/mol. The number of piperidine rings is 1. The predicted molar refractivity (Wildman–Crippen MR) is 97.7 cm³/mol. The third kappa shape index (κ3) is 3.78. The molecule has 1 atom stereocenters. The van der Waals surface area contributed by atoms with Crippen LogP contribution in [0.4, 0.5) is 10.1 Å². The number of carbonyl (C=O) groups is 1. The Morgan fingerprint density at radius 1 is 1.12 bits per heavy atom. The Labute approximate surface area is 152 Å². The highest BCUT2D eigenvalue weighted by Crippen LogP contribution is 2.27. The second-order valence-corrected chi connectivity index (χ2v) is 8.28. The van der Waals surface area contributed by atoms with Crippen LogP contribution in [0.15, 0.2) is 53.4 Å². The van der Waals surface area contributed by atoms with E-state index in [-0.39, 0.29) is 17.3 Å². The molecule has 0 aromatic heterocycles. The zero-order valence-corrected chi connectivity index (χ0v) is 15.3. The lowest BCUT2D eigenvalue weighted by Crippen LogP contribution is -2.49. The maximum atomic E-state index is 13.1. The summed E-state index contributed by atoms with van der Waals surface area (Å²) < 4.78 is 40.3. The fourth-order valence-electron chi connectivity index (χ4n) is 3.13. The quantitative estimate of drug-likeness (QED) is 0.890. The Kier molecular flexibility index (Phi) is 5.38. The molecule has 0 saturated carbocycles. The zero-order valence-electron chi connectivity index (χ0n) is 14.5. The molecule has 1 aliphatic rings. The fraction of sp³-hybridized carbons (Fsp3) is 0.316. The average Bonchev–Trinajstić information content (AvgIpc) is 2.64. The number of nitrogens with one attached hydrogen (secondary N) is 1. The van der Waals surface area contributed by atoms with Gasteiger partial charge in [0.25, 0.3) is 0 Å². The van der Waals surface area contributed by atoms with Gasteiger partial charge in [0.05, 0.1) is 4.90 Å². The zero-order chi connectivity index (χ0) is 18.7. The van der Waals surface area contributed by atoms with Gasteiger partial charge in [0.15, 0.2) is 0 Å². The number of anilines is 1. The number of hydrogen-bond acceptors (Lipinski definition) is 3. The van der Waals surface area contributed by atoms with E-state index in [4.69, 9.17) is 0 Å². The fourth-order valence-corrected chi connectivity index (χ4v) is 4.78. The molecule has 1 unspecified atom stereocenters. The number of sulfonamides is 1. The summed E-state index contributed by atoms with van der Waals surface area (Å²) in [5.41, 5.74) is 1.58. The first kappa shape index (κ1) is 18.5. The summed E-state index contributed by atoms with van der Waals surface area (Å²) in [6.45, 7) is 2.15. The molecule has 5 nitrogen and oxygen atoms in total. The van der Waals surface area contributed by atoms with Gasteiger partial charge in [-0.15, -0.1) is 0 Å². The molecule has 1 saturated heterocycles. The van der Waals surface area contributed by atoms with Gasteiger partial charge in [-0.2, -0.15) is 4.31 Å². The molecule has 0 bridgehead atoms. The van der Waals surface area contributed by atoms with E-state index in [0.29, 0.717) is 18.5 Å². The summed E-state index contributed by atoms with van der Waals surface area (Å²) in [6.07, 6.45) is 1.92. The van der Waals surface area contributed by atoms with Crippen LogP contribution in [0.1, 0.15) is 24.8 Å². The van der Waals surface area contributed by atoms with Gasteiger partial charge in [0.1, 0.15) is 11.9 Å². The minimum atomic E-state index is -3.87. The van der Waals surface area contributed by atoms with E-state index in [2.05, 4.69) is 5.32 Å². The van der Waals surface area contributed by atoms with Crippen LogP contribution in [0.25, 0.3) is 0 Å². The molecule has 0 spiro atoms. The maximum Gasteiger partial charge on any atom is 0.243 e. The van der Waals surface area contributed by atoms with Crippen molar-refractivity contribution in [2.45, 2.75) is 37.1 Å². The Bertz CT molecular complexity index is 897. The number of hydrogen-bond donors (Lipinski definition) is 1. The number of para-hydroxylation sites is 1. The van der Waals surface area contributed by atoms with Gasteiger partial charge in [0.2, 0.25) is 15.9 Å². The van der Waals surface area contributed by atoms with Gasteiger partial charge in [0, 0.05) is 12.2 Å². The van der Waals surface area contributed by atoms with Crippen LogP contribution in [0.2, 0.25) is 0 Å². The molecule has 1 aliphatic heterocycles. The van der Waals surface area contributed by atoms with Crippen molar-refractivity contribution in [2.24, 2.45) is 0 Å². The molecule has 1 amide bonds. The van der Waals surface area contributed by atoms with Gasteiger partial charge in [-0.1, -0.05) is 24.6 Å². The van der Waals surface area contributed by atoms with Crippen LogP contribution in [0.3, 0.4) is 0 Å². The van der Waals surface area contributed by atoms with E-state index >= 15 is 0 Å². The maximum absolute atomic E-state index is 13.1. The summed E-state index contributed by atoms with van der Waals surface area (Å²) in [6, 6.07) is 11.3. The molecular formula is C19H21FN2O3S. The first-order chi connectivity index (χ1) is 12.4. The van der Waals surface area contributed by atoms with Crippen molar-refractivity contribution in [1.29, 1.82) is 0 Å². The van der Waals surface area contributed by atoms with Crippen molar-refractivity contribution in [3.8, 4) is 0 Å². The van der Waals surface area contributed by atoms with E-state index in [1.807, 2.05) is 25.1 Å². The van der Waals surface area contributed by atoms with Crippen LogP contribution in [0.5, 0.6) is 0 Å². The van der Waals surface area contributed by atoms with E-state index in [1.165, 1.54) is 16.4 Å². The average molecular weight is 376 g/mol. The highest BCUT2D eigenvalue weighted by molar-refractivity contribution is 7.89. The second-order valence-electron chi connectivity index (χ2n) is 6.39. The summed E-state index contributed by atoms with van der Waals surface area (Å²) in [5.74, 6) is -0.846. The van der Waals surface area contributed by atoms with Crippen molar-refractivity contribution in [2.75, 3.05) is 11.9 Å². The van der Waals surface area contributed by atoms with Gasteiger partial charge >= 0.3 is 0 Å². The number of benzene rings is 2. The SMILES string of the molecule is Cc1ccccc1NC(=O)C1CCCCN1S(=O)(=O)c1ccc(F)cc1. The van der Waals surface area contributed by atoms with Gasteiger partial charge < -0.3 is 5.32 Å². The molecule has 3 rings (SSSR count). The number of nitrogens with zero attached hydrogens (tertiary/aromatic N) is 1. The molecule has 0 radical (unpaired) electrons. The minimum absolute atomic E-state index is 0.00510. The smallest absolute Gasteiger partial charge is 0.243 e. The Morgan fingerprint density at radius 2 is 1.81 bits per heavy atom. The number of carbonyl (C=O) groups excluding carboxylic acids is 1. The molecule has 2 aromatic carbocycles. The number of amides is 1. The summed E-state index contributed by atoms with van der Waals surface area (Å²) in [7, 11) is -3.87. The third-order valence-electron chi connectivity index (χ3n) is 4.58. The predicted octanol–water partition coefficient (Wildman–Crippen LogP) is 3.32. The third-order valence-corrected chi connectivity index (χ3v) is 6.50. The molecule has 2 aromatic rings. The first-order valence-electron chi connectivity index (χ1n) is 8.53. The normalized spacial score (nSPS) is 18.5. The highest BCUT2D eigenvalue weighted by atomic mass is 32.2. The van der Waals surface area contributed by atoms with E-state index < -0.39 is 21.9 Å². The number of rotatable bonds is 4. The van der Waals surface area contributed by atoms with E-state index in [0.717, 1.165) is 24.1 Å². The van der Waals surface area contributed by atoms with Crippen LogP contribution in [-0.4, -0.2) is 31.2 Å². The van der Waals surface area contributed by atoms with Crippen molar-refractivity contribution in [3.05, 3.63) is 59.9 Å². The van der Waals surface area contributed by atoms with Crippen LogP contribution >= 0.6 is 0 Å². The van der Waals surface area contributed by atoms with Crippen LogP contribution < -0.4 is 5.32 Å². The van der Waals surface area contributed by atoms with Gasteiger partial charge in [-0.3, -0.25) is 4.79 Å². The van der Waals surface area contributed by atoms with Crippen molar-refractivity contribution in [1.82, 2.24) is 4.31 Å². The lowest BCUT2D eigenvalue weighted by Gasteiger charge is -2.33. The highest BCUT2D eigenvalue weighted by Gasteiger charge is 2.37. The Morgan fingerprint density at radius 3 is 2.50 bits per heavy atom. The summed E-state index contributed by atoms with van der Waals surface area (Å²) in [5, 5.41) is 2.84. The topological polar surface area (TPSA) is 66.5 Å². The molecule has 1 heterocycles. The molecule has 1 fully saturated rings. The minimum Gasteiger partial charge on any atom is -0.324 e. The summed E-state index contributed by atoms with van der Waals surface area (Å²) in [4.78, 5) is 12.8. The molecular weight excluding hydrogens is 355 g/mol. The molecule has 1 N–H and O–H groups in total. The lowest BCUT2D eigenvalue weighted by atomic mass is 10.0. The largest absolute Gasteiger partial charge is 0.324 e. The van der Waals surface area contributed by atoms with Crippen LogP contribution in [-0.2, 0) is 14.8 Å². The first-order valence-corrected chi connectivity index (χ1v) is 9.97. The molecule has 26 heavy (non-hydrogen) atoms. The summed E-state index contributed by atoms with van der Waals surface area (Å²) >= 11 is 0. The van der Waals surface area contributed by atoms with Crippen LogP contribution in [0, 0.1) is 12.7 Å². The van der Waals surface area contributed by atoms with E-state index in [1.54, 1.807) is 6.07 Å².